The van der Waals surface area contributed by atoms with Gasteiger partial charge in [0.25, 0.3) is 0 Å². The van der Waals surface area contributed by atoms with Gasteiger partial charge in [-0.25, -0.2) is 4.79 Å². The molecule has 1 saturated heterocycles. The first kappa shape index (κ1) is 20.4. The molecule has 1 fully saturated rings. The largest absolute Gasteiger partial charge is 0.468 e. The Hall–Kier alpha value is -2.31. The Bertz CT molecular complexity index is 726. The number of amides is 2. The van der Waals surface area contributed by atoms with Crippen molar-refractivity contribution in [2.24, 2.45) is 0 Å². The third-order valence-electron chi connectivity index (χ3n) is 5.35. The van der Waals surface area contributed by atoms with Gasteiger partial charge >= 0.3 is 6.03 Å². The summed E-state index contributed by atoms with van der Waals surface area (Å²) in [5, 5.41) is 5.99. The molecule has 0 spiro atoms. The third-order valence-corrected chi connectivity index (χ3v) is 5.35. The zero-order valence-electron chi connectivity index (χ0n) is 17.0. The van der Waals surface area contributed by atoms with E-state index in [1.54, 1.807) is 6.26 Å². The highest BCUT2D eigenvalue weighted by molar-refractivity contribution is 5.73. The van der Waals surface area contributed by atoms with Crippen molar-refractivity contribution in [3.05, 3.63) is 59.5 Å². The van der Waals surface area contributed by atoms with E-state index in [9.17, 15) is 4.79 Å². The van der Waals surface area contributed by atoms with Gasteiger partial charge < -0.3 is 20.0 Å². The summed E-state index contributed by atoms with van der Waals surface area (Å²) in [6, 6.07) is 12.2. The van der Waals surface area contributed by atoms with Gasteiger partial charge in [-0.1, -0.05) is 31.2 Å². The van der Waals surface area contributed by atoms with Crippen LogP contribution in [0.5, 0.6) is 0 Å². The summed E-state index contributed by atoms with van der Waals surface area (Å²) >= 11 is 0. The lowest BCUT2D eigenvalue weighted by Crippen LogP contribution is -2.41. The van der Waals surface area contributed by atoms with E-state index in [1.807, 2.05) is 24.3 Å². The predicted molar refractivity (Wildman–Crippen MR) is 111 cm³/mol. The molecule has 0 radical (unpaired) electrons. The van der Waals surface area contributed by atoms with Gasteiger partial charge in [0.05, 0.1) is 12.3 Å². The van der Waals surface area contributed by atoms with Crippen LogP contribution in [0, 0.1) is 0 Å². The predicted octanol–water partition coefficient (Wildman–Crippen LogP) is 3.37. The molecule has 2 heterocycles. The maximum absolute atomic E-state index is 12.3. The first-order valence-corrected chi connectivity index (χ1v) is 10.2. The molecule has 0 aliphatic carbocycles. The summed E-state index contributed by atoms with van der Waals surface area (Å²) in [5.41, 5.74) is 2.37. The van der Waals surface area contributed by atoms with Gasteiger partial charge in [0.15, 0.2) is 0 Å². The number of likely N-dealkylation sites (tertiary alicyclic amines) is 1. The molecule has 0 bridgehead atoms. The summed E-state index contributed by atoms with van der Waals surface area (Å²) in [5.74, 6) is 0.912. The minimum Gasteiger partial charge on any atom is -0.468 e. The number of urea groups is 1. The lowest BCUT2D eigenvalue weighted by Gasteiger charge is -2.26. The van der Waals surface area contributed by atoms with Gasteiger partial charge in [0, 0.05) is 19.6 Å². The number of hydrogen-bond donors (Lipinski definition) is 2. The molecular weight excluding hydrogens is 352 g/mol. The molecule has 2 amide bonds. The summed E-state index contributed by atoms with van der Waals surface area (Å²) < 4.78 is 5.61. The van der Waals surface area contributed by atoms with Crippen LogP contribution in [0.15, 0.2) is 47.1 Å². The van der Waals surface area contributed by atoms with Gasteiger partial charge in [-0.15, -0.1) is 0 Å². The first-order chi connectivity index (χ1) is 13.7. The molecule has 2 N–H and O–H groups in total. The molecule has 0 saturated carbocycles. The second kappa shape index (κ2) is 10.3. The lowest BCUT2D eigenvalue weighted by molar-refractivity contribution is 0.203. The van der Waals surface area contributed by atoms with Crippen LogP contribution < -0.4 is 10.6 Å². The molecule has 6 nitrogen and oxygen atoms in total. The molecule has 152 valence electrons. The maximum atomic E-state index is 12.3. The SMILES string of the molecule is CCN(C)Cc1cccc(CNC(=O)NCC(c2ccco2)N2CCCC2)c1. The molecule has 1 aliphatic rings. The van der Waals surface area contributed by atoms with E-state index in [2.05, 4.69) is 46.5 Å². The molecule has 2 aromatic rings. The van der Waals surface area contributed by atoms with E-state index < -0.39 is 0 Å². The summed E-state index contributed by atoms with van der Waals surface area (Å²) in [6.45, 7) is 7.23. The Morgan fingerprint density at radius 1 is 1.18 bits per heavy atom. The fourth-order valence-electron chi connectivity index (χ4n) is 3.64. The number of rotatable bonds is 9. The number of benzene rings is 1. The molecule has 1 unspecified atom stereocenters. The van der Waals surface area contributed by atoms with Gasteiger partial charge in [0.1, 0.15) is 5.76 Å². The average Bonchev–Trinajstić information content (AvgIpc) is 3.41. The zero-order valence-corrected chi connectivity index (χ0v) is 17.0. The summed E-state index contributed by atoms with van der Waals surface area (Å²) in [4.78, 5) is 17.0. The molecule has 1 aromatic heterocycles. The second-order valence-corrected chi connectivity index (χ2v) is 7.49. The van der Waals surface area contributed by atoms with E-state index in [0.29, 0.717) is 13.1 Å². The van der Waals surface area contributed by atoms with Crippen molar-refractivity contribution >= 4 is 6.03 Å². The molecule has 1 aromatic carbocycles. The lowest BCUT2D eigenvalue weighted by atomic mass is 10.1. The van der Waals surface area contributed by atoms with Crippen LogP contribution in [0.1, 0.15) is 42.7 Å². The fraction of sp³-hybridized carbons (Fsp3) is 0.500. The van der Waals surface area contributed by atoms with Crippen molar-refractivity contribution < 1.29 is 9.21 Å². The average molecular weight is 385 g/mol. The standard InChI is InChI=1S/C22H32N4O2/c1-3-25(2)17-19-9-6-8-18(14-19)15-23-22(27)24-16-20(21-10-7-13-28-21)26-11-4-5-12-26/h6-10,13-14,20H,3-5,11-12,15-17H2,1-2H3,(H2,23,24,27). The molecule has 1 aliphatic heterocycles. The monoisotopic (exact) mass is 384 g/mol. The second-order valence-electron chi connectivity index (χ2n) is 7.49. The number of nitrogens with one attached hydrogen (secondary N) is 2. The molecular formula is C22H32N4O2. The van der Waals surface area contributed by atoms with Crippen LogP contribution in [0.25, 0.3) is 0 Å². The van der Waals surface area contributed by atoms with Crippen molar-refractivity contribution in [3.63, 3.8) is 0 Å². The smallest absolute Gasteiger partial charge is 0.315 e. The van der Waals surface area contributed by atoms with Gasteiger partial charge in [0.2, 0.25) is 0 Å². The van der Waals surface area contributed by atoms with Crippen LogP contribution in [-0.2, 0) is 13.1 Å². The fourth-order valence-corrected chi connectivity index (χ4v) is 3.64. The van der Waals surface area contributed by atoms with Crippen LogP contribution in [0.2, 0.25) is 0 Å². The molecule has 28 heavy (non-hydrogen) atoms. The summed E-state index contributed by atoms with van der Waals surface area (Å²) in [7, 11) is 2.11. The Balaban J connectivity index is 1.49. The Morgan fingerprint density at radius 2 is 1.96 bits per heavy atom. The number of nitrogens with zero attached hydrogens (tertiary/aromatic N) is 2. The third kappa shape index (κ3) is 5.84. The van der Waals surface area contributed by atoms with E-state index in [0.717, 1.165) is 37.5 Å². The topological polar surface area (TPSA) is 60.8 Å². The van der Waals surface area contributed by atoms with Crippen LogP contribution in [-0.4, -0.2) is 49.1 Å². The van der Waals surface area contributed by atoms with Gasteiger partial charge in [-0.2, -0.15) is 0 Å². The highest BCUT2D eigenvalue weighted by atomic mass is 16.3. The van der Waals surface area contributed by atoms with Crippen molar-refractivity contribution in [2.75, 3.05) is 33.2 Å². The van der Waals surface area contributed by atoms with E-state index in [-0.39, 0.29) is 12.1 Å². The highest BCUT2D eigenvalue weighted by Gasteiger charge is 2.25. The van der Waals surface area contributed by atoms with E-state index in [4.69, 9.17) is 4.42 Å². The zero-order chi connectivity index (χ0) is 19.8. The van der Waals surface area contributed by atoms with Crippen LogP contribution in [0.3, 0.4) is 0 Å². The molecule has 3 rings (SSSR count). The van der Waals surface area contributed by atoms with Crippen molar-refractivity contribution in [2.45, 2.75) is 38.9 Å². The van der Waals surface area contributed by atoms with Crippen molar-refractivity contribution in [1.82, 2.24) is 20.4 Å². The first-order valence-electron chi connectivity index (χ1n) is 10.2. The van der Waals surface area contributed by atoms with E-state index in [1.165, 1.54) is 18.4 Å². The Labute approximate surface area is 167 Å². The van der Waals surface area contributed by atoms with Crippen LogP contribution >= 0.6 is 0 Å². The van der Waals surface area contributed by atoms with E-state index >= 15 is 0 Å². The summed E-state index contributed by atoms with van der Waals surface area (Å²) in [6.07, 6.45) is 4.10. The highest BCUT2D eigenvalue weighted by Crippen LogP contribution is 2.24. The Kier molecular flexibility index (Phi) is 7.51. The maximum Gasteiger partial charge on any atom is 0.315 e. The molecule has 6 heteroatoms. The normalized spacial score (nSPS) is 15.7. The van der Waals surface area contributed by atoms with Crippen molar-refractivity contribution in [3.8, 4) is 0 Å². The number of carbonyl (C=O) groups is 1. The number of furan rings is 1. The Morgan fingerprint density at radius 3 is 2.68 bits per heavy atom. The van der Waals surface area contributed by atoms with Crippen molar-refractivity contribution in [1.29, 1.82) is 0 Å². The van der Waals surface area contributed by atoms with Crippen LogP contribution in [0.4, 0.5) is 4.79 Å². The minimum atomic E-state index is -0.146. The minimum absolute atomic E-state index is 0.0937. The number of carbonyl (C=O) groups excluding carboxylic acids is 1. The van der Waals surface area contributed by atoms with Gasteiger partial charge in [-0.3, -0.25) is 4.90 Å². The quantitative estimate of drug-likeness (QED) is 0.696. The molecule has 1 atom stereocenters. The number of hydrogen-bond acceptors (Lipinski definition) is 4. The van der Waals surface area contributed by atoms with Gasteiger partial charge in [-0.05, 0) is 62.8 Å².